The van der Waals surface area contributed by atoms with E-state index in [4.69, 9.17) is 4.98 Å². The number of pyridine rings is 1. The van der Waals surface area contributed by atoms with Crippen LogP contribution in [0.25, 0.3) is 0 Å². The van der Waals surface area contributed by atoms with Crippen LogP contribution in [0, 0.1) is 0 Å². The summed E-state index contributed by atoms with van der Waals surface area (Å²) in [6.45, 7) is 7.54. The Balaban J connectivity index is 2.27. The predicted molar refractivity (Wildman–Crippen MR) is 80.6 cm³/mol. The van der Waals surface area contributed by atoms with Gasteiger partial charge in [-0.25, -0.2) is 4.98 Å². The zero-order valence-electron chi connectivity index (χ0n) is 12.0. The van der Waals surface area contributed by atoms with Gasteiger partial charge in [0.15, 0.2) is 0 Å². The van der Waals surface area contributed by atoms with Gasteiger partial charge in [0, 0.05) is 35.7 Å². The summed E-state index contributed by atoms with van der Waals surface area (Å²) in [5.41, 5.74) is 2.52. The molecule has 1 N–H and O–H groups in total. The van der Waals surface area contributed by atoms with Crippen LogP contribution in [0.1, 0.15) is 41.9 Å². The molecule has 3 nitrogen and oxygen atoms in total. The third-order valence-corrected chi connectivity index (χ3v) is 3.92. The zero-order chi connectivity index (χ0) is 13.9. The summed E-state index contributed by atoms with van der Waals surface area (Å²) < 4.78 is 0. The summed E-state index contributed by atoms with van der Waals surface area (Å²) in [6.07, 6.45) is 4.58. The van der Waals surface area contributed by atoms with Gasteiger partial charge in [0.25, 0.3) is 0 Å². The monoisotopic (exact) mass is 275 g/mol. The lowest BCUT2D eigenvalue weighted by Gasteiger charge is -2.17. The molecule has 19 heavy (non-hydrogen) atoms. The number of hydrogen-bond acceptors (Lipinski definition) is 4. The molecule has 0 atom stereocenters. The first-order chi connectivity index (χ1) is 9.00. The minimum atomic E-state index is 0.0931. The lowest BCUT2D eigenvalue weighted by Crippen LogP contribution is -2.16. The average Bonchev–Trinajstić information content (AvgIpc) is 2.74. The highest BCUT2D eigenvalue weighted by molar-refractivity contribution is 7.11. The molecule has 0 aromatic carbocycles. The molecule has 4 heteroatoms. The van der Waals surface area contributed by atoms with E-state index < -0.39 is 0 Å². The van der Waals surface area contributed by atoms with E-state index in [0.29, 0.717) is 0 Å². The maximum absolute atomic E-state index is 4.85. The van der Waals surface area contributed by atoms with Crippen molar-refractivity contribution in [3.8, 4) is 0 Å². The van der Waals surface area contributed by atoms with Crippen molar-refractivity contribution in [2.45, 2.75) is 39.2 Å². The van der Waals surface area contributed by atoms with Gasteiger partial charge in [-0.05, 0) is 18.7 Å². The molecular weight excluding hydrogens is 254 g/mol. The molecule has 0 saturated heterocycles. The second-order valence-electron chi connectivity index (χ2n) is 5.70. The molecule has 0 amide bonds. The Hall–Kier alpha value is -1.26. The molecule has 2 heterocycles. The average molecular weight is 275 g/mol. The first-order valence-electron chi connectivity index (χ1n) is 6.53. The number of rotatable bonds is 4. The fourth-order valence-corrected chi connectivity index (χ4v) is 3.34. The lowest BCUT2D eigenvalue weighted by molar-refractivity contribution is 0.561. The highest BCUT2D eigenvalue weighted by Gasteiger charge is 2.22. The van der Waals surface area contributed by atoms with E-state index in [0.717, 1.165) is 13.0 Å². The largest absolute Gasteiger partial charge is 0.315 e. The third kappa shape index (κ3) is 3.61. The molecule has 2 aromatic heterocycles. The highest BCUT2D eigenvalue weighted by atomic mass is 32.1. The predicted octanol–water partition coefficient (Wildman–Crippen LogP) is 3.15. The summed E-state index contributed by atoms with van der Waals surface area (Å²) in [4.78, 5) is 10.3. The molecule has 2 aromatic rings. The Bertz CT molecular complexity index is 526. The Morgan fingerprint density at radius 3 is 2.68 bits per heavy atom. The Kier molecular flexibility index (Phi) is 4.32. The van der Waals surface area contributed by atoms with Gasteiger partial charge in [0.2, 0.25) is 0 Å². The van der Waals surface area contributed by atoms with E-state index in [2.05, 4.69) is 37.1 Å². The van der Waals surface area contributed by atoms with Gasteiger partial charge < -0.3 is 5.32 Å². The van der Waals surface area contributed by atoms with E-state index in [-0.39, 0.29) is 5.41 Å². The zero-order valence-corrected chi connectivity index (χ0v) is 12.8. The number of hydrogen-bond donors (Lipinski definition) is 1. The number of nitrogens with one attached hydrogen (secondary N) is 1. The standard InChI is InChI=1S/C15H21N3S/c1-15(2,3)14-12(10-16-4)19-13(18-14)8-11-6-5-7-17-9-11/h5-7,9,16H,8,10H2,1-4H3. The normalized spacial score (nSPS) is 11.8. The van der Waals surface area contributed by atoms with Gasteiger partial charge in [-0.1, -0.05) is 26.8 Å². The summed E-state index contributed by atoms with van der Waals surface area (Å²) in [7, 11) is 1.98. The summed E-state index contributed by atoms with van der Waals surface area (Å²) in [5.74, 6) is 0. The second kappa shape index (κ2) is 5.80. The van der Waals surface area contributed by atoms with Crippen molar-refractivity contribution in [2.24, 2.45) is 0 Å². The SMILES string of the molecule is CNCc1sc(Cc2cccnc2)nc1C(C)(C)C. The fraction of sp³-hybridized carbons (Fsp3) is 0.467. The maximum atomic E-state index is 4.85. The first-order valence-corrected chi connectivity index (χ1v) is 7.35. The van der Waals surface area contributed by atoms with Crippen LogP contribution in [0.2, 0.25) is 0 Å². The molecule has 0 spiro atoms. The Morgan fingerprint density at radius 1 is 1.32 bits per heavy atom. The van der Waals surface area contributed by atoms with Crippen molar-refractivity contribution in [3.63, 3.8) is 0 Å². The molecule has 0 aliphatic carbocycles. The van der Waals surface area contributed by atoms with Gasteiger partial charge in [-0.2, -0.15) is 0 Å². The van der Waals surface area contributed by atoms with Crippen LogP contribution in [-0.4, -0.2) is 17.0 Å². The van der Waals surface area contributed by atoms with Crippen LogP contribution >= 0.6 is 11.3 Å². The molecule has 0 unspecified atom stereocenters. The number of nitrogens with zero attached hydrogens (tertiary/aromatic N) is 2. The molecule has 0 fully saturated rings. The van der Waals surface area contributed by atoms with Crippen LogP contribution in [0.3, 0.4) is 0 Å². The van der Waals surface area contributed by atoms with Crippen molar-refractivity contribution in [1.82, 2.24) is 15.3 Å². The van der Waals surface area contributed by atoms with Crippen molar-refractivity contribution in [1.29, 1.82) is 0 Å². The first kappa shape index (κ1) is 14.2. The summed E-state index contributed by atoms with van der Waals surface area (Å²) in [6, 6.07) is 4.07. The molecule has 0 radical (unpaired) electrons. The third-order valence-electron chi connectivity index (χ3n) is 2.87. The van der Waals surface area contributed by atoms with Gasteiger partial charge >= 0.3 is 0 Å². The van der Waals surface area contributed by atoms with Crippen LogP contribution in [0.4, 0.5) is 0 Å². The van der Waals surface area contributed by atoms with Gasteiger partial charge in [0.05, 0.1) is 10.7 Å². The molecular formula is C15H21N3S. The van der Waals surface area contributed by atoms with Crippen molar-refractivity contribution in [2.75, 3.05) is 7.05 Å². The summed E-state index contributed by atoms with van der Waals surface area (Å²) >= 11 is 1.80. The summed E-state index contributed by atoms with van der Waals surface area (Å²) in [5, 5.41) is 4.40. The molecule has 102 valence electrons. The molecule has 0 aliphatic heterocycles. The topological polar surface area (TPSA) is 37.8 Å². The van der Waals surface area contributed by atoms with Gasteiger partial charge in [-0.3, -0.25) is 4.98 Å². The molecule has 0 aliphatic rings. The minimum Gasteiger partial charge on any atom is -0.315 e. The van der Waals surface area contributed by atoms with E-state index in [1.807, 2.05) is 19.3 Å². The Labute approximate surface area is 119 Å². The van der Waals surface area contributed by atoms with Crippen molar-refractivity contribution in [3.05, 3.63) is 45.7 Å². The molecule has 0 bridgehead atoms. The van der Waals surface area contributed by atoms with Crippen LogP contribution < -0.4 is 5.32 Å². The van der Waals surface area contributed by atoms with Crippen LogP contribution in [-0.2, 0) is 18.4 Å². The maximum Gasteiger partial charge on any atom is 0.0976 e. The smallest absolute Gasteiger partial charge is 0.0976 e. The van der Waals surface area contributed by atoms with E-state index in [1.165, 1.54) is 21.1 Å². The van der Waals surface area contributed by atoms with Crippen molar-refractivity contribution < 1.29 is 0 Å². The van der Waals surface area contributed by atoms with Gasteiger partial charge in [0.1, 0.15) is 0 Å². The molecule has 2 rings (SSSR count). The van der Waals surface area contributed by atoms with Crippen LogP contribution in [0.5, 0.6) is 0 Å². The highest BCUT2D eigenvalue weighted by Crippen LogP contribution is 2.30. The van der Waals surface area contributed by atoms with E-state index >= 15 is 0 Å². The van der Waals surface area contributed by atoms with E-state index in [9.17, 15) is 0 Å². The fourth-order valence-electron chi connectivity index (χ4n) is 2.02. The quantitative estimate of drug-likeness (QED) is 0.931. The van der Waals surface area contributed by atoms with E-state index in [1.54, 1.807) is 17.5 Å². The minimum absolute atomic E-state index is 0.0931. The second-order valence-corrected chi connectivity index (χ2v) is 6.87. The lowest BCUT2D eigenvalue weighted by atomic mass is 9.91. The Morgan fingerprint density at radius 2 is 2.11 bits per heavy atom. The molecule has 0 saturated carbocycles. The van der Waals surface area contributed by atoms with Crippen LogP contribution in [0.15, 0.2) is 24.5 Å². The van der Waals surface area contributed by atoms with Crippen molar-refractivity contribution >= 4 is 11.3 Å². The number of aromatic nitrogens is 2. The number of thiazole rings is 1. The van der Waals surface area contributed by atoms with Gasteiger partial charge in [-0.15, -0.1) is 11.3 Å².